The van der Waals surface area contributed by atoms with Crippen LogP contribution in [0.5, 0.6) is 0 Å². The second-order valence-corrected chi connectivity index (χ2v) is 7.57. The summed E-state index contributed by atoms with van der Waals surface area (Å²) in [7, 11) is 0. The summed E-state index contributed by atoms with van der Waals surface area (Å²) >= 11 is 13.4. The second-order valence-electron chi connectivity index (χ2n) is 5.54. The van der Waals surface area contributed by atoms with E-state index >= 15 is 0 Å². The average molecular weight is 367 g/mol. The number of fused-ring (bicyclic) bond motifs is 2. The van der Waals surface area contributed by atoms with E-state index in [0.29, 0.717) is 27.0 Å². The lowest BCUT2D eigenvalue weighted by Crippen LogP contribution is -2.37. The highest BCUT2D eigenvalue weighted by molar-refractivity contribution is 7.23. The van der Waals surface area contributed by atoms with Crippen molar-refractivity contribution in [2.75, 3.05) is 0 Å². The third-order valence-electron chi connectivity index (χ3n) is 4.13. The van der Waals surface area contributed by atoms with Gasteiger partial charge in [-0.2, -0.15) is 0 Å². The molecule has 3 N–H and O–H groups in total. The number of aromatic amines is 1. The summed E-state index contributed by atoms with van der Waals surface area (Å²) in [5, 5.41) is 13.7. The maximum absolute atomic E-state index is 12.4. The molecule has 1 aliphatic carbocycles. The highest BCUT2D eigenvalue weighted by Crippen LogP contribution is 2.39. The molecule has 23 heavy (non-hydrogen) atoms. The number of nitrogens with one attached hydrogen (secondary N) is 2. The van der Waals surface area contributed by atoms with Crippen LogP contribution in [-0.4, -0.2) is 22.0 Å². The van der Waals surface area contributed by atoms with Crippen LogP contribution in [0.1, 0.15) is 27.7 Å². The van der Waals surface area contributed by atoms with Crippen molar-refractivity contribution in [1.82, 2.24) is 10.3 Å². The Kier molecular flexibility index (Phi) is 3.61. The minimum absolute atomic E-state index is 0.266. The Morgan fingerprint density at radius 1 is 1.35 bits per heavy atom. The van der Waals surface area contributed by atoms with Gasteiger partial charge in [0.1, 0.15) is 10.0 Å². The van der Waals surface area contributed by atoms with Gasteiger partial charge in [-0.05, 0) is 23.6 Å². The fourth-order valence-electron chi connectivity index (χ4n) is 2.99. The van der Waals surface area contributed by atoms with E-state index in [-0.39, 0.29) is 11.9 Å². The van der Waals surface area contributed by atoms with Crippen molar-refractivity contribution >= 4 is 50.7 Å². The number of carbonyl (C=O) groups is 1. The van der Waals surface area contributed by atoms with E-state index in [1.54, 1.807) is 6.07 Å². The molecule has 0 radical (unpaired) electrons. The van der Waals surface area contributed by atoms with Crippen molar-refractivity contribution in [1.29, 1.82) is 0 Å². The van der Waals surface area contributed by atoms with Crippen molar-refractivity contribution in [2.24, 2.45) is 0 Å². The standard InChI is InChI=1S/C16H12Cl2N2O2S/c17-12-13-11(23-15(12)18)6-10(19-13)16(22)20-9-5-7-3-1-2-4-8(7)14(9)21/h1-4,6,9,14,19,21H,5H2,(H,20,22)/t9-,14-/m0/s1. The monoisotopic (exact) mass is 366 g/mol. The summed E-state index contributed by atoms with van der Waals surface area (Å²) < 4.78 is 1.34. The fourth-order valence-corrected chi connectivity index (χ4v) is 4.47. The van der Waals surface area contributed by atoms with Crippen LogP contribution in [0.25, 0.3) is 10.2 Å². The van der Waals surface area contributed by atoms with E-state index in [9.17, 15) is 9.90 Å². The number of amides is 1. The van der Waals surface area contributed by atoms with Crippen LogP contribution in [0, 0.1) is 0 Å². The van der Waals surface area contributed by atoms with Gasteiger partial charge in [0.25, 0.3) is 5.91 Å². The zero-order valence-electron chi connectivity index (χ0n) is 11.8. The minimum atomic E-state index is -0.690. The quantitative estimate of drug-likeness (QED) is 0.643. The van der Waals surface area contributed by atoms with Crippen molar-refractivity contribution < 1.29 is 9.90 Å². The summed E-state index contributed by atoms with van der Waals surface area (Å²) in [4.78, 5) is 15.4. The lowest BCUT2D eigenvalue weighted by Gasteiger charge is -2.16. The molecule has 1 amide bonds. The number of aromatic nitrogens is 1. The number of aliphatic hydroxyl groups is 1. The predicted octanol–water partition coefficient (Wildman–Crippen LogP) is 3.92. The van der Waals surface area contributed by atoms with Crippen molar-refractivity contribution in [3.8, 4) is 0 Å². The molecule has 0 bridgehead atoms. The fraction of sp³-hybridized carbons (Fsp3) is 0.188. The molecule has 0 saturated heterocycles. The molecule has 0 unspecified atom stereocenters. The largest absolute Gasteiger partial charge is 0.386 e. The Hall–Kier alpha value is -1.53. The van der Waals surface area contributed by atoms with Crippen molar-refractivity contribution in [3.63, 3.8) is 0 Å². The van der Waals surface area contributed by atoms with E-state index in [0.717, 1.165) is 15.8 Å². The highest BCUT2D eigenvalue weighted by atomic mass is 35.5. The van der Waals surface area contributed by atoms with Gasteiger partial charge in [-0.25, -0.2) is 0 Å². The number of carbonyl (C=O) groups excluding carboxylic acids is 1. The number of H-pyrrole nitrogens is 1. The van der Waals surface area contributed by atoms with E-state index in [1.165, 1.54) is 11.3 Å². The molecule has 1 aliphatic rings. The Labute approximate surface area is 146 Å². The maximum atomic E-state index is 12.4. The molecule has 3 aromatic rings. The first kappa shape index (κ1) is 15.0. The van der Waals surface area contributed by atoms with Crippen LogP contribution in [-0.2, 0) is 6.42 Å². The first-order chi connectivity index (χ1) is 11.0. The molecule has 0 spiro atoms. The summed E-state index contributed by atoms with van der Waals surface area (Å²) in [5.41, 5.74) is 3.02. The van der Waals surface area contributed by atoms with Crippen LogP contribution >= 0.6 is 34.5 Å². The number of hydrogen-bond donors (Lipinski definition) is 3. The van der Waals surface area contributed by atoms with E-state index in [1.807, 2.05) is 24.3 Å². The third kappa shape index (κ3) is 2.44. The summed E-state index contributed by atoms with van der Waals surface area (Å²) in [6, 6.07) is 9.06. The zero-order chi connectivity index (χ0) is 16.1. The number of halogens is 2. The van der Waals surface area contributed by atoms with Crippen molar-refractivity contribution in [3.05, 3.63) is 56.5 Å². The van der Waals surface area contributed by atoms with E-state index in [4.69, 9.17) is 23.2 Å². The van der Waals surface area contributed by atoms with Gasteiger partial charge in [0, 0.05) is 0 Å². The first-order valence-corrected chi connectivity index (χ1v) is 8.65. The summed E-state index contributed by atoms with van der Waals surface area (Å²) in [6.07, 6.45) is -0.0747. The maximum Gasteiger partial charge on any atom is 0.268 e. The molecule has 2 aromatic heterocycles. The average Bonchev–Trinajstić information content (AvgIpc) is 3.16. The number of rotatable bonds is 2. The zero-order valence-corrected chi connectivity index (χ0v) is 14.1. The molecule has 0 fully saturated rings. The number of benzene rings is 1. The highest BCUT2D eigenvalue weighted by Gasteiger charge is 2.32. The second kappa shape index (κ2) is 5.53. The smallest absolute Gasteiger partial charge is 0.268 e. The Morgan fingerprint density at radius 2 is 2.13 bits per heavy atom. The Bertz CT molecular complexity index is 918. The topological polar surface area (TPSA) is 65.1 Å². The van der Waals surface area contributed by atoms with Crippen LogP contribution in [0.2, 0.25) is 9.36 Å². The molecular weight excluding hydrogens is 355 g/mol. The molecule has 2 atom stereocenters. The van der Waals surface area contributed by atoms with Crippen molar-refractivity contribution in [2.45, 2.75) is 18.6 Å². The SMILES string of the molecule is O=C(N[C@H]1Cc2ccccc2[C@@H]1O)c1cc2sc(Cl)c(Cl)c2[nH]1. The van der Waals surface area contributed by atoms with Gasteiger partial charge in [-0.3, -0.25) is 4.79 Å². The molecule has 0 aliphatic heterocycles. The summed E-state index contributed by atoms with van der Waals surface area (Å²) in [6.45, 7) is 0. The number of hydrogen-bond acceptors (Lipinski definition) is 3. The number of aliphatic hydroxyl groups excluding tert-OH is 1. The molecule has 0 saturated carbocycles. The van der Waals surface area contributed by atoms with Gasteiger partial charge in [0.05, 0.1) is 27.4 Å². The van der Waals surface area contributed by atoms with Crippen LogP contribution in [0.4, 0.5) is 0 Å². The van der Waals surface area contributed by atoms with Gasteiger partial charge in [0.2, 0.25) is 0 Å². The Morgan fingerprint density at radius 3 is 2.87 bits per heavy atom. The van der Waals surface area contributed by atoms with Gasteiger partial charge >= 0.3 is 0 Å². The number of thiophene rings is 1. The van der Waals surface area contributed by atoms with Crippen LogP contribution in [0.3, 0.4) is 0 Å². The predicted molar refractivity (Wildman–Crippen MR) is 92.6 cm³/mol. The van der Waals surface area contributed by atoms with Crippen LogP contribution in [0.15, 0.2) is 30.3 Å². The Balaban J connectivity index is 1.56. The summed E-state index contributed by atoms with van der Waals surface area (Å²) in [5.74, 6) is -0.266. The normalized spacial score (nSPS) is 20.0. The molecule has 4 nitrogen and oxygen atoms in total. The van der Waals surface area contributed by atoms with E-state index in [2.05, 4.69) is 10.3 Å². The minimum Gasteiger partial charge on any atom is -0.386 e. The molecule has 4 rings (SSSR count). The lowest BCUT2D eigenvalue weighted by molar-refractivity contribution is 0.0854. The van der Waals surface area contributed by atoms with Gasteiger partial charge in [-0.1, -0.05) is 47.5 Å². The third-order valence-corrected chi connectivity index (χ3v) is 6.06. The molecule has 7 heteroatoms. The van der Waals surface area contributed by atoms with E-state index < -0.39 is 6.10 Å². The first-order valence-electron chi connectivity index (χ1n) is 7.08. The van der Waals surface area contributed by atoms with Gasteiger partial charge < -0.3 is 15.4 Å². The van der Waals surface area contributed by atoms with Gasteiger partial charge in [0.15, 0.2) is 0 Å². The molecular formula is C16H12Cl2N2O2S. The lowest BCUT2D eigenvalue weighted by atomic mass is 10.1. The van der Waals surface area contributed by atoms with Crippen LogP contribution < -0.4 is 5.32 Å². The molecule has 1 aromatic carbocycles. The molecule has 2 heterocycles. The molecule has 118 valence electrons. The van der Waals surface area contributed by atoms with Gasteiger partial charge in [-0.15, -0.1) is 11.3 Å².